The summed E-state index contributed by atoms with van der Waals surface area (Å²) in [5.74, 6) is -1.68. The highest BCUT2D eigenvalue weighted by Gasteiger charge is 2.34. The van der Waals surface area contributed by atoms with Crippen LogP contribution < -0.4 is 0 Å². The lowest BCUT2D eigenvalue weighted by atomic mass is 9.99. The third-order valence-corrected chi connectivity index (χ3v) is 4.67. The fourth-order valence-corrected chi connectivity index (χ4v) is 3.42. The molecule has 4 rings (SSSR count). The minimum atomic E-state index is -0.413. The van der Waals surface area contributed by atoms with E-state index in [1.807, 2.05) is 0 Å². The second kappa shape index (κ2) is 5.85. The third-order valence-electron chi connectivity index (χ3n) is 4.67. The van der Waals surface area contributed by atoms with Gasteiger partial charge in [0.05, 0.1) is 11.1 Å². The van der Waals surface area contributed by atoms with Crippen LogP contribution in [0.15, 0.2) is 71.8 Å². The van der Waals surface area contributed by atoms with Gasteiger partial charge in [0, 0.05) is 22.3 Å². The van der Waals surface area contributed by atoms with Crippen molar-refractivity contribution in [2.45, 2.75) is 6.92 Å². The molecule has 2 aromatic rings. The molecule has 0 radical (unpaired) electrons. The highest BCUT2D eigenvalue weighted by atomic mass is 16.2. The van der Waals surface area contributed by atoms with Crippen LogP contribution in [0.1, 0.15) is 48.4 Å². The maximum Gasteiger partial charge on any atom is 0.197 e. The van der Waals surface area contributed by atoms with Crippen molar-refractivity contribution in [3.05, 3.63) is 94.1 Å². The minimum Gasteiger partial charge on any atom is -0.288 e. The number of carbonyl (C=O) groups excluding carboxylic acids is 4. The van der Waals surface area contributed by atoms with Crippen molar-refractivity contribution < 1.29 is 19.2 Å². The molecule has 2 aromatic carbocycles. The Labute approximate surface area is 149 Å². The van der Waals surface area contributed by atoms with E-state index < -0.39 is 5.92 Å². The van der Waals surface area contributed by atoms with Crippen LogP contribution in [-0.2, 0) is 0 Å². The second-order valence-electron chi connectivity index (χ2n) is 6.43. The lowest BCUT2D eigenvalue weighted by molar-refractivity contribution is 0.0974. The zero-order chi connectivity index (χ0) is 18.4. The SMILES string of the molecule is CC(C=C1C(=O)c2ccccc2C1=O)C=C1C(=O)c2ccccc2C1=O. The molecule has 0 N–H and O–H groups in total. The van der Waals surface area contributed by atoms with E-state index in [-0.39, 0.29) is 34.3 Å². The Morgan fingerprint density at radius 2 is 0.846 bits per heavy atom. The monoisotopic (exact) mass is 342 g/mol. The Morgan fingerprint density at radius 3 is 1.12 bits per heavy atom. The van der Waals surface area contributed by atoms with Gasteiger partial charge in [-0.1, -0.05) is 67.6 Å². The number of benzene rings is 2. The molecule has 0 aromatic heterocycles. The van der Waals surface area contributed by atoms with Crippen LogP contribution in [0.5, 0.6) is 0 Å². The van der Waals surface area contributed by atoms with Crippen LogP contribution in [0.3, 0.4) is 0 Å². The lowest BCUT2D eigenvalue weighted by Crippen LogP contribution is -2.06. The van der Waals surface area contributed by atoms with Crippen LogP contribution in [-0.4, -0.2) is 23.1 Å². The Kier molecular flexibility index (Phi) is 3.62. The first-order chi connectivity index (χ1) is 12.5. The zero-order valence-corrected chi connectivity index (χ0v) is 14.0. The summed E-state index contributed by atoms with van der Waals surface area (Å²) in [6.07, 6.45) is 3.06. The van der Waals surface area contributed by atoms with Gasteiger partial charge in [-0.3, -0.25) is 19.2 Å². The standard InChI is InChI=1S/C22H14O4/c1-12(10-17-19(23)13-6-2-3-7-14(13)20(17)24)11-18-21(25)15-8-4-5-9-16(15)22(18)26/h2-12H,1H3. The smallest absolute Gasteiger partial charge is 0.197 e. The van der Waals surface area contributed by atoms with Crippen molar-refractivity contribution in [2.75, 3.05) is 0 Å². The topological polar surface area (TPSA) is 68.3 Å². The summed E-state index contributed by atoms with van der Waals surface area (Å²) >= 11 is 0. The number of hydrogen-bond acceptors (Lipinski definition) is 4. The summed E-state index contributed by atoms with van der Waals surface area (Å²) in [6.45, 7) is 1.74. The van der Waals surface area contributed by atoms with Crippen LogP contribution in [0, 0.1) is 5.92 Å². The van der Waals surface area contributed by atoms with E-state index in [0.717, 1.165) is 0 Å². The largest absolute Gasteiger partial charge is 0.288 e. The van der Waals surface area contributed by atoms with Crippen molar-refractivity contribution in [3.8, 4) is 0 Å². The zero-order valence-electron chi connectivity index (χ0n) is 14.0. The van der Waals surface area contributed by atoms with Gasteiger partial charge < -0.3 is 0 Å². The average molecular weight is 342 g/mol. The number of carbonyl (C=O) groups is 4. The summed E-state index contributed by atoms with van der Waals surface area (Å²) in [6, 6.07) is 13.4. The summed E-state index contributed by atoms with van der Waals surface area (Å²) in [4.78, 5) is 49.8. The van der Waals surface area contributed by atoms with Crippen molar-refractivity contribution in [2.24, 2.45) is 5.92 Å². The van der Waals surface area contributed by atoms with Crippen LogP contribution >= 0.6 is 0 Å². The normalized spacial score (nSPS) is 15.6. The summed E-state index contributed by atoms with van der Waals surface area (Å²) in [5, 5.41) is 0. The number of ketones is 4. The highest BCUT2D eigenvalue weighted by molar-refractivity contribution is 6.40. The number of allylic oxidation sites excluding steroid dienone is 4. The summed E-state index contributed by atoms with van der Waals surface area (Å²) < 4.78 is 0. The molecule has 4 heteroatoms. The number of rotatable bonds is 2. The van der Waals surface area contributed by atoms with E-state index in [1.54, 1.807) is 55.5 Å². The van der Waals surface area contributed by atoms with Crippen LogP contribution in [0.4, 0.5) is 0 Å². The van der Waals surface area contributed by atoms with E-state index in [1.165, 1.54) is 12.2 Å². The molecule has 2 aliphatic rings. The van der Waals surface area contributed by atoms with Gasteiger partial charge in [0.1, 0.15) is 0 Å². The molecule has 0 spiro atoms. The van der Waals surface area contributed by atoms with Crippen LogP contribution in [0.25, 0.3) is 0 Å². The van der Waals surface area contributed by atoms with E-state index >= 15 is 0 Å². The van der Waals surface area contributed by atoms with E-state index in [0.29, 0.717) is 22.3 Å². The van der Waals surface area contributed by atoms with Gasteiger partial charge in [-0.2, -0.15) is 0 Å². The third kappa shape index (κ3) is 2.30. The highest BCUT2D eigenvalue weighted by Crippen LogP contribution is 2.30. The van der Waals surface area contributed by atoms with Crippen molar-refractivity contribution in [3.63, 3.8) is 0 Å². The van der Waals surface area contributed by atoms with Gasteiger partial charge in [-0.25, -0.2) is 0 Å². The molecular weight excluding hydrogens is 328 g/mol. The van der Waals surface area contributed by atoms with Crippen molar-refractivity contribution in [1.82, 2.24) is 0 Å². The molecule has 0 saturated carbocycles. The quantitative estimate of drug-likeness (QED) is 0.617. The molecule has 0 atom stereocenters. The van der Waals surface area contributed by atoms with E-state index in [2.05, 4.69) is 0 Å². The van der Waals surface area contributed by atoms with Crippen molar-refractivity contribution in [1.29, 1.82) is 0 Å². The number of Topliss-reactive ketones (excluding diaryl/α,β-unsaturated/α-hetero) is 4. The molecule has 0 saturated heterocycles. The molecule has 26 heavy (non-hydrogen) atoms. The van der Waals surface area contributed by atoms with Gasteiger partial charge in [-0.15, -0.1) is 0 Å². The average Bonchev–Trinajstić information content (AvgIpc) is 3.03. The first kappa shape index (κ1) is 16.1. The maximum atomic E-state index is 12.4. The first-order valence-corrected chi connectivity index (χ1v) is 8.29. The first-order valence-electron chi connectivity index (χ1n) is 8.29. The molecule has 4 nitrogen and oxygen atoms in total. The number of fused-ring (bicyclic) bond motifs is 2. The molecule has 0 unspecified atom stereocenters. The minimum absolute atomic E-state index is 0.0889. The van der Waals surface area contributed by atoms with Gasteiger partial charge in [0.25, 0.3) is 0 Å². The second-order valence-corrected chi connectivity index (χ2v) is 6.43. The van der Waals surface area contributed by atoms with Gasteiger partial charge in [0.2, 0.25) is 0 Å². The van der Waals surface area contributed by atoms with Crippen LogP contribution in [0.2, 0.25) is 0 Å². The van der Waals surface area contributed by atoms with Gasteiger partial charge in [-0.05, 0) is 5.92 Å². The molecular formula is C22H14O4. The van der Waals surface area contributed by atoms with Crippen molar-refractivity contribution >= 4 is 23.1 Å². The number of hydrogen-bond donors (Lipinski definition) is 0. The predicted octanol–water partition coefficient (Wildman–Crippen LogP) is 3.63. The molecule has 2 aliphatic carbocycles. The Hall–Kier alpha value is -3.40. The fraction of sp³-hybridized carbons (Fsp3) is 0.0909. The Balaban J connectivity index is 1.68. The lowest BCUT2D eigenvalue weighted by Gasteiger charge is -2.02. The molecule has 0 aliphatic heterocycles. The fourth-order valence-electron chi connectivity index (χ4n) is 3.42. The Morgan fingerprint density at radius 1 is 0.577 bits per heavy atom. The molecule has 0 bridgehead atoms. The summed E-state index contributed by atoms with van der Waals surface area (Å²) in [7, 11) is 0. The predicted molar refractivity (Wildman–Crippen MR) is 95.5 cm³/mol. The molecule has 126 valence electrons. The Bertz CT molecular complexity index is 910. The van der Waals surface area contributed by atoms with Gasteiger partial charge >= 0.3 is 0 Å². The van der Waals surface area contributed by atoms with E-state index in [9.17, 15) is 19.2 Å². The van der Waals surface area contributed by atoms with E-state index in [4.69, 9.17) is 0 Å². The van der Waals surface area contributed by atoms with Gasteiger partial charge in [0.15, 0.2) is 23.1 Å². The molecule has 0 fully saturated rings. The summed E-state index contributed by atoms with van der Waals surface area (Å²) in [5.41, 5.74) is 1.75. The molecule has 0 amide bonds. The maximum absolute atomic E-state index is 12.4. The molecule has 0 heterocycles.